The molecule has 10 heteroatoms. The Morgan fingerprint density at radius 3 is 2.68 bits per heavy atom. The fourth-order valence-corrected chi connectivity index (χ4v) is 3.80. The smallest absolute Gasteiger partial charge is 0.241 e. The van der Waals surface area contributed by atoms with Crippen molar-refractivity contribution in [3.63, 3.8) is 0 Å². The fourth-order valence-electron chi connectivity index (χ4n) is 2.79. The third-order valence-electron chi connectivity index (χ3n) is 4.15. The first-order valence-electron chi connectivity index (χ1n) is 8.98. The van der Waals surface area contributed by atoms with Crippen LogP contribution >= 0.6 is 0 Å². The minimum atomic E-state index is -3.90. The van der Waals surface area contributed by atoms with E-state index >= 15 is 0 Å². The van der Waals surface area contributed by atoms with Crippen molar-refractivity contribution in [1.29, 1.82) is 0 Å². The lowest BCUT2D eigenvalue weighted by Gasteiger charge is -2.27. The third-order valence-corrected chi connectivity index (χ3v) is 5.55. The Balaban J connectivity index is 1.73. The Morgan fingerprint density at radius 2 is 2.00 bits per heavy atom. The quantitative estimate of drug-likeness (QED) is 0.742. The van der Waals surface area contributed by atoms with Gasteiger partial charge in [-0.3, -0.25) is 0 Å². The van der Waals surface area contributed by atoms with Crippen LogP contribution in [0.25, 0.3) is 0 Å². The summed E-state index contributed by atoms with van der Waals surface area (Å²) in [6.45, 7) is 6.37. The minimum Gasteiger partial charge on any atom is -0.491 e. The van der Waals surface area contributed by atoms with Crippen LogP contribution in [-0.2, 0) is 21.3 Å². The van der Waals surface area contributed by atoms with Gasteiger partial charge >= 0.3 is 0 Å². The molecule has 0 spiro atoms. The summed E-state index contributed by atoms with van der Waals surface area (Å²) in [5.41, 5.74) is 1.27. The van der Waals surface area contributed by atoms with Gasteiger partial charge in [0.2, 0.25) is 16.0 Å². The van der Waals surface area contributed by atoms with Crippen molar-refractivity contribution in [1.82, 2.24) is 14.7 Å². The molecule has 1 N–H and O–H groups in total. The molecule has 1 aliphatic heterocycles. The number of hydrogen-bond acceptors (Lipinski definition) is 7. The van der Waals surface area contributed by atoms with Crippen LogP contribution in [0.4, 0.5) is 10.3 Å². The van der Waals surface area contributed by atoms with Crippen LogP contribution in [0.5, 0.6) is 5.75 Å². The van der Waals surface area contributed by atoms with Gasteiger partial charge < -0.3 is 14.4 Å². The van der Waals surface area contributed by atoms with E-state index in [1.165, 1.54) is 12.1 Å². The van der Waals surface area contributed by atoms with Crippen LogP contribution in [0.3, 0.4) is 0 Å². The lowest BCUT2D eigenvalue weighted by Crippen LogP contribution is -2.37. The molecule has 28 heavy (non-hydrogen) atoms. The largest absolute Gasteiger partial charge is 0.491 e. The summed E-state index contributed by atoms with van der Waals surface area (Å²) in [6, 6.07) is 5.27. The third kappa shape index (κ3) is 4.94. The van der Waals surface area contributed by atoms with Gasteiger partial charge in [-0.2, -0.15) is 0 Å². The molecule has 0 aliphatic carbocycles. The number of ether oxygens (including phenoxy) is 2. The van der Waals surface area contributed by atoms with Gasteiger partial charge in [-0.25, -0.2) is 27.5 Å². The zero-order valence-corrected chi connectivity index (χ0v) is 16.6. The molecule has 1 fully saturated rings. The highest BCUT2D eigenvalue weighted by Gasteiger charge is 2.19. The second kappa shape index (κ2) is 8.80. The normalized spacial score (nSPS) is 14.9. The summed E-state index contributed by atoms with van der Waals surface area (Å²) in [4.78, 5) is 10.7. The molecular formula is C18H23FN4O4S. The number of anilines is 1. The Hall–Kier alpha value is -2.30. The highest BCUT2D eigenvalue weighted by atomic mass is 32.2. The molecule has 0 unspecified atom stereocenters. The van der Waals surface area contributed by atoms with Crippen molar-refractivity contribution < 1.29 is 22.3 Å². The molecule has 1 aliphatic rings. The fraction of sp³-hybridized carbons (Fsp3) is 0.444. The number of nitrogens with zero attached hydrogens (tertiary/aromatic N) is 3. The molecule has 2 heterocycles. The van der Waals surface area contributed by atoms with Crippen LogP contribution in [0.1, 0.15) is 18.3 Å². The first kappa shape index (κ1) is 20.4. The molecule has 0 amide bonds. The summed E-state index contributed by atoms with van der Waals surface area (Å²) in [6.07, 6.45) is 0. The van der Waals surface area contributed by atoms with Crippen molar-refractivity contribution in [2.45, 2.75) is 25.3 Å². The summed E-state index contributed by atoms with van der Waals surface area (Å²) in [5, 5.41) is 0. The van der Waals surface area contributed by atoms with E-state index in [0.717, 1.165) is 11.8 Å². The number of rotatable bonds is 7. The molecular weight excluding hydrogens is 387 g/mol. The highest BCUT2D eigenvalue weighted by Crippen LogP contribution is 2.21. The molecule has 0 saturated carbocycles. The number of hydrogen-bond donors (Lipinski definition) is 1. The van der Waals surface area contributed by atoms with Crippen LogP contribution < -0.4 is 14.4 Å². The summed E-state index contributed by atoms with van der Waals surface area (Å²) >= 11 is 0. The second-order valence-electron chi connectivity index (χ2n) is 6.25. The topological polar surface area (TPSA) is 93.7 Å². The van der Waals surface area contributed by atoms with Gasteiger partial charge in [-0.15, -0.1) is 0 Å². The average Bonchev–Trinajstić information content (AvgIpc) is 2.68. The number of halogens is 1. The van der Waals surface area contributed by atoms with Gasteiger partial charge in [0.1, 0.15) is 0 Å². The summed E-state index contributed by atoms with van der Waals surface area (Å²) < 4.78 is 51.9. The first-order valence-corrected chi connectivity index (χ1v) is 10.5. The molecule has 8 nitrogen and oxygen atoms in total. The minimum absolute atomic E-state index is 0.0167. The monoisotopic (exact) mass is 410 g/mol. The van der Waals surface area contributed by atoms with Gasteiger partial charge in [0.25, 0.3) is 0 Å². The number of aryl methyl sites for hydroxylation is 1. The van der Waals surface area contributed by atoms with E-state index in [0.29, 0.717) is 44.6 Å². The van der Waals surface area contributed by atoms with E-state index in [4.69, 9.17) is 9.47 Å². The summed E-state index contributed by atoms with van der Waals surface area (Å²) in [5.74, 6) is -0.162. The van der Waals surface area contributed by atoms with Crippen LogP contribution in [0, 0.1) is 12.7 Å². The number of nitrogens with one attached hydrogen (secondary N) is 1. The highest BCUT2D eigenvalue weighted by molar-refractivity contribution is 7.89. The van der Waals surface area contributed by atoms with Crippen LogP contribution in [-0.4, -0.2) is 51.3 Å². The summed E-state index contributed by atoms with van der Waals surface area (Å²) in [7, 11) is -3.90. The van der Waals surface area contributed by atoms with Gasteiger partial charge in [-0.1, -0.05) is 0 Å². The van der Waals surface area contributed by atoms with Crippen LogP contribution in [0.2, 0.25) is 0 Å². The zero-order chi connectivity index (χ0) is 20.1. The van der Waals surface area contributed by atoms with Gasteiger partial charge in [0.15, 0.2) is 11.6 Å². The van der Waals surface area contributed by atoms with E-state index < -0.39 is 15.8 Å². The van der Waals surface area contributed by atoms with E-state index in [1.54, 1.807) is 13.0 Å². The van der Waals surface area contributed by atoms with Crippen molar-refractivity contribution in [2.75, 3.05) is 37.8 Å². The molecule has 0 atom stereocenters. The Kier molecular flexibility index (Phi) is 6.42. The van der Waals surface area contributed by atoms with Crippen molar-refractivity contribution in [3.8, 4) is 5.75 Å². The number of aromatic nitrogens is 2. The number of morpholine rings is 1. The average molecular weight is 410 g/mol. The Labute approximate surface area is 163 Å². The molecule has 1 saturated heterocycles. The maximum Gasteiger partial charge on any atom is 0.241 e. The van der Waals surface area contributed by atoms with Gasteiger partial charge in [0, 0.05) is 18.8 Å². The molecule has 1 aromatic heterocycles. The second-order valence-corrected chi connectivity index (χ2v) is 8.02. The molecule has 1 aromatic carbocycles. The van der Waals surface area contributed by atoms with E-state index in [1.807, 2.05) is 11.8 Å². The zero-order valence-electron chi connectivity index (χ0n) is 15.8. The standard InChI is InChI=1S/C18H23FN4O4S/c1-3-27-17-5-4-15(11-16(17)19)28(24,25)20-12-14-10-13(2)21-18(22-14)23-6-8-26-9-7-23/h4-5,10-11,20H,3,6-9,12H2,1-2H3. The molecule has 2 aromatic rings. The van der Waals surface area contributed by atoms with Crippen LogP contribution in [0.15, 0.2) is 29.2 Å². The van der Waals surface area contributed by atoms with E-state index in [-0.39, 0.29) is 17.2 Å². The van der Waals surface area contributed by atoms with E-state index in [9.17, 15) is 12.8 Å². The molecule has 0 radical (unpaired) electrons. The van der Waals surface area contributed by atoms with Gasteiger partial charge in [-0.05, 0) is 38.1 Å². The molecule has 0 bridgehead atoms. The number of benzene rings is 1. The predicted octanol–water partition coefficient (Wildman–Crippen LogP) is 1.64. The molecule has 152 valence electrons. The first-order chi connectivity index (χ1) is 13.4. The number of sulfonamides is 1. The van der Waals surface area contributed by atoms with E-state index in [2.05, 4.69) is 14.7 Å². The van der Waals surface area contributed by atoms with Crippen molar-refractivity contribution in [3.05, 3.63) is 41.5 Å². The lowest BCUT2D eigenvalue weighted by molar-refractivity contribution is 0.122. The maximum absolute atomic E-state index is 14.0. The maximum atomic E-state index is 14.0. The predicted molar refractivity (Wildman–Crippen MR) is 101 cm³/mol. The van der Waals surface area contributed by atoms with Gasteiger partial charge in [0.05, 0.1) is 37.0 Å². The van der Waals surface area contributed by atoms with Crippen molar-refractivity contribution in [2.24, 2.45) is 0 Å². The lowest BCUT2D eigenvalue weighted by atomic mass is 10.3. The molecule has 3 rings (SSSR count). The Bertz CT molecular complexity index is 933. The SMILES string of the molecule is CCOc1ccc(S(=O)(=O)NCc2cc(C)nc(N3CCOCC3)n2)cc1F. The Morgan fingerprint density at radius 1 is 1.25 bits per heavy atom. The van der Waals surface area contributed by atoms with Crippen molar-refractivity contribution >= 4 is 16.0 Å².